The monoisotopic (exact) mass is 415 g/mol. The SMILES string of the molecule is CC(=O)Nc1ccc(CNC(=O)Cn2c(-c3ccc(Cl)cc3)n[nH]c2=S)cc1. The number of aromatic nitrogens is 3. The molecule has 3 rings (SSSR count). The van der Waals surface area contributed by atoms with Crippen LogP contribution in [0.1, 0.15) is 12.5 Å². The number of hydrogen-bond acceptors (Lipinski definition) is 4. The van der Waals surface area contributed by atoms with Crippen molar-refractivity contribution in [3.63, 3.8) is 0 Å². The highest BCUT2D eigenvalue weighted by atomic mass is 35.5. The van der Waals surface area contributed by atoms with Gasteiger partial charge in [0.25, 0.3) is 0 Å². The van der Waals surface area contributed by atoms with Gasteiger partial charge in [-0.15, -0.1) is 0 Å². The molecule has 0 radical (unpaired) electrons. The largest absolute Gasteiger partial charge is 0.350 e. The van der Waals surface area contributed by atoms with E-state index >= 15 is 0 Å². The molecule has 2 aromatic carbocycles. The quantitative estimate of drug-likeness (QED) is 0.537. The molecule has 0 spiro atoms. The van der Waals surface area contributed by atoms with E-state index < -0.39 is 0 Å². The number of anilines is 1. The number of rotatable bonds is 6. The summed E-state index contributed by atoms with van der Waals surface area (Å²) in [7, 11) is 0. The van der Waals surface area contributed by atoms with Crippen molar-refractivity contribution in [2.45, 2.75) is 20.0 Å². The zero-order valence-corrected chi connectivity index (χ0v) is 16.6. The van der Waals surface area contributed by atoms with Crippen molar-refractivity contribution in [3.05, 3.63) is 63.9 Å². The number of aromatic amines is 1. The fourth-order valence-corrected chi connectivity index (χ4v) is 2.92. The van der Waals surface area contributed by atoms with Crippen LogP contribution in [0, 0.1) is 4.77 Å². The molecular weight excluding hydrogens is 398 g/mol. The van der Waals surface area contributed by atoms with Gasteiger partial charge in [-0.3, -0.25) is 19.3 Å². The number of carbonyl (C=O) groups is 2. The summed E-state index contributed by atoms with van der Waals surface area (Å²) in [4.78, 5) is 23.4. The minimum atomic E-state index is -0.196. The summed E-state index contributed by atoms with van der Waals surface area (Å²) in [5.41, 5.74) is 2.43. The van der Waals surface area contributed by atoms with Gasteiger partial charge in [-0.1, -0.05) is 23.7 Å². The van der Waals surface area contributed by atoms with E-state index in [-0.39, 0.29) is 18.4 Å². The van der Waals surface area contributed by atoms with Crippen LogP contribution in [-0.2, 0) is 22.7 Å². The summed E-state index contributed by atoms with van der Waals surface area (Å²) in [6, 6.07) is 14.4. The first kappa shape index (κ1) is 19.8. The predicted octanol–water partition coefficient (Wildman–Crippen LogP) is 3.54. The van der Waals surface area contributed by atoms with Crippen LogP contribution >= 0.6 is 23.8 Å². The second-order valence-electron chi connectivity index (χ2n) is 6.10. The normalized spacial score (nSPS) is 10.5. The molecule has 7 nitrogen and oxygen atoms in total. The molecule has 0 aliphatic carbocycles. The van der Waals surface area contributed by atoms with Crippen LogP contribution in [-0.4, -0.2) is 26.6 Å². The molecule has 9 heteroatoms. The Kier molecular flexibility index (Phi) is 6.23. The number of halogens is 1. The Hall–Kier alpha value is -2.97. The summed E-state index contributed by atoms with van der Waals surface area (Å²) < 4.78 is 1.99. The number of nitrogens with one attached hydrogen (secondary N) is 3. The van der Waals surface area contributed by atoms with E-state index in [1.807, 2.05) is 24.3 Å². The van der Waals surface area contributed by atoms with Crippen molar-refractivity contribution in [3.8, 4) is 11.4 Å². The van der Waals surface area contributed by atoms with E-state index in [4.69, 9.17) is 23.8 Å². The van der Waals surface area contributed by atoms with E-state index in [0.29, 0.717) is 27.9 Å². The van der Waals surface area contributed by atoms with Gasteiger partial charge >= 0.3 is 0 Å². The molecule has 3 aromatic rings. The van der Waals surface area contributed by atoms with Gasteiger partial charge in [0, 0.05) is 29.7 Å². The molecule has 0 aliphatic rings. The highest BCUT2D eigenvalue weighted by molar-refractivity contribution is 7.71. The fraction of sp³-hybridized carbons (Fsp3) is 0.158. The molecule has 0 unspecified atom stereocenters. The lowest BCUT2D eigenvalue weighted by molar-refractivity contribution is -0.121. The molecule has 2 amide bonds. The van der Waals surface area contributed by atoms with E-state index in [2.05, 4.69) is 20.8 Å². The van der Waals surface area contributed by atoms with Gasteiger partial charge in [-0.25, -0.2) is 0 Å². The topological polar surface area (TPSA) is 91.8 Å². The maximum atomic E-state index is 12.4. The maximum Gasteiger partial charge on any atom is 0.240 e. The van der Waals surface area contributed by atoms with Crippen molar-refractivity contribution in [1.29, 1.82) is 0 Å². The second-order valence-corrected chi connectivity index (χ2v) is 6.92. The molecule has 144 valence electrons. The third-order valence-corrected chi connectivity index (χ3v) is 4.49. The smallest absolute Gasteiger partial charge is 0.240 e. The van der Waals surface area contributed by atoms with Gasteiger partial charge in [0.15, 0.2) is 10.6 Å². The average Bonchev–Trinajstić information content (AvgIpc) is 3.02. The van der Waals surface area contributed by atoms with Crippen molar-refractivity contribution >= 4 is 41.3 Å². The second kappa shape index (κ2) is 8.81. The molecule has 1 heterocycles. The van der Waals surface area contributed by atoms with Crippen LogP contribution in [0.15, 0.2) is 48.5 Å². The molecule has 0 bridgehead atoms. The van der Waals surface area contributed by atoms with Gasteiger partial charge < -0.3 is 10.6 Å². The Morgan fingerprint density at radius 2 is 1.82 bits per heavy atom. The minimum absolute atomic E-state index is 0.0390. The zero-order valence-electron chi connectivity index (χ0n) is 15.0. The molecule has 1 aromatic heterocycles. The Labute approximate surface area is 171 Å². The van der Waals surface area contributed by atoms with Gasteiger partial charge in [0.2, 0.25) is 11.8 Å². The van der Waals surface area contributed by atoms with Crippen LogP contribution in [0.4, 0.5) is 5.69 Å². The zero-order chi connectivity index (χ0) is 20.1. The first-order valence-electron chi connectivity index (χ1n) is 8.47. The van der Waals surface area contributed by atoms with Gasteiger partial charge in [0.1, 0.15) is 6.54 Å². The maximum absolute atomic E-state index is 12.4. The molecule has 3 N–H and O–H groups in total. The van der Waals surface area contributed by atoms with E-state index in [0.717, 1.165) is 11.1 Å². The van der Waals surface area contributed by atoms with Crippen molar-refractivity contribution < 1.29 is 9.59 Å². The van der Waals surface area contributed by atoms with Crippen LogP contribution in [0.25, 0.3) is 11.4 Å². The molecule has 0 saturated carbocycles. The van der Waals surface area contributed by atoms with Gasteiger partial charge in [-0.2, -0.15) is 5.10 Å². The Morgan fingerprint density at radius 1 is 1.14 bits per heavy atom. The lowest BCUT2D eigenvalue weighted by Gasteiger charge is -2.09. The number of hydrogen-bond donors (Lipinski definition) is 3. The van der Waals surface area contributed by atoms with E-state index in [9.17, 15) is 9.59 Å². The summed E-state index contributed by atoms with van der Waals surface area (Å²) >= 11 is 11.2. The molecule has 0 atom stereocenters. The van der Waals surface area contributed by atoms with E-state index in [1.54, 1.807) is 28.8 Å². The first-order valence-corrected chi connectivity index (χ1v) is 9.25. The molecule has 0 saturated heterocycles. The third kappa shape index (κ3) is 5.05. The summed E-state index contributed by atoms with van der Waals surface area (Å²) in [6.45, 7) is 1.85. The summed E-state index contributed by atoms with van der Waals surface area (Å²) in [5, 5.41) is 13.1. The van der Waals surface area contributed by atoms with Crippen molar-refractivity contribution in [2.24, 2.45) is 0 Å². The highest BCUT2D eigenvalue weighted by Crippen LogP contribution is 2.20. The number of carbonyl (C=O) groups excluding carboxylic acids is 2. The third-order valence-electron chi connectivity index (χ3n) is 3.93. The Bertz CT molecular complexity index is 1040. The van der Waals surface area contributed by atoms with Crippen LogP contribution in [0.2, 0.25) is 5.02 Å². The Morgan fingerprint density at radius 3 is 2.46 bits per heavy atom. The Balaban J connectivity index is 1.64. The lowest BCUT2D eigenvalue weighted by atomic mass is 10.2. The number of H-pyrrole nitrogens is 1. The van der Waals surface area contributed by atoms with E-state index in [1.165, 1.54) is 6.92 Å². The lowest BCUT2D eigenvalue weighted by Crippen LogP contribution is -2.27. The first-order chi connectivity index (χ1) is 13.4. The van der Waals surface area contributed by atoms with Crippen LogP contribution in [0.3, 0.4) is 0 Å². The van der Waals surface area contributed by atoms with Crippen molar-refractivity contribution in [1.82, 2.24) is 20.1 Å². The van der Waals surface area contributed by atoms with Gasteiger partial charge in [0.05, 0.1) is 0 Å². The molecule has 28 heavy (non-hydrogen) atoms. The summed E-state index contributed by atoms with van der Waals surface area (Å²) in [6.07, 6.45) is 0. The predicted molar refractivity (Wildman–Crippen MR) is 110 cm³/mol. The van der Waals surface area contributed by atoms with Gasteiger partial charge in [-0.05, 0) is 54.2 Å². The average molecular weight is 416 g/mol. The van der Waals surface area contributed by atoms with Crippen LogP contribution < -0.4 is 10.6 Å². The number of nitrogens with zero attached hydrogens (tertiary/aromatic N) is 2. The molecular formula is C19H18ClN5O2S. The fourth-order valence-electron chi connectivity index (χ4n) is 2.59. The highest BCUT2D eigenvalue weighted by Gasteiger charge is 2.12. The standard InChI is InChI=1S/C19H18ClN5O2S/c1-12(26)22-16-8-2-13(3-9-16)10-21-17(27)11-25-18(23-24-19(25)28)14-4-6-15(20)7-5-14/h2-9H,10-11H2,1H3,(H,21,27)(H,22,26)(H,24,28). The minimum Gasteiger partial charge on any atom is -0.350 e. The van der Waals surface area contributed by atoms with Crippen molar-refractivity contribution in [2.75, 3.05) is 5.32 Å². The molecule has 0 aliphatic heterocycles. The summed E-state index contributed by atoms with van der Waals surface area (Å²) in [5.74, 6) is 0.240. The molecule has 0 fully saturated rings. The number of benzene rings is 2. The number of amides is 2. The van der Waals surface area contributed by atoms with Crippen LogP contribution in [0.5, 0.6) is 0 Å².